The van der Waals surface area contributed by atoms with Crippen LogP contribution in [0.2, 0.25) is 0 Å². The maximum atomic E-state index is 10.2. The van der Waals surface area contributed by atoms with Crippen LogP contribution in [-0.4, -0.2) is 33.6 Å². The van der Waals surface area contributed by atoms with Crippen molar-refractivity contribution in [2.45, 2.75) is 44.3 Å². The highest BCUT2D eigenvalue weighted by atomic mass is 16.3. The molecule has 0 aliphatic heterocycles. The molecule has 2 fully saturated rings. The van der Waals surface area contributed by atoms with Crippen LogP contribution >= 0.6 is 0 Å². The normalized spacial score (nSPS) is 44.0. The van der Waals surface area contributed by atoms with E-state index < -0.39 is 11.7 Å². The van der Waals surface area contributed by atoms with Gasteiger partial charge < -0.3 is 15.3 Å². The van der Waals surface area contributed by atoms with Gasteiger partial charge in [-0.15, -0.1) is 0 Å². The zero-order valence-corrected chi connectivity index (χ0v) is 11.3. The van der Waals surface area contributed by atoms with Gasteiger partial charge >= 0.3 is 0 Å². The van der Waals surface area contributed by atoms with Crippen molar-refractivity contribution in [3.05, 3.63) is 11.6 Å². The zero-order valence-electron chi connectivity index (χ0n) is 11.3. The van der Waals surface area contributed by atoms with E-state index in [4.69, 9.17) is 5.11 Å². The predicted molar refractivity (Wildman–Crippen MR) is 72.0 cm³/mol. The number of hydrogen-bond donors (Lipinski definition) is 3. The first kappa shape index (κ1) is 13.2. The van der Waals surface area contributed by atoms with Crippen LogP contribution in [0.1, 0.15) is 32.6 Å². The molecule has 3 N–H and O–H groups in total. The Morgan fingerprint density at radius 1 is 1.37 bits per heavy atom. The lowest BCUT2D eigenvalue weighted by atomic mass is 9.49. The van der Waals surface area contributed by atoms with E-state index in [9.17, 15) is 10.2 Å². The van der Waals surface area contributed by atoms with Gasteiger partial charge in [-0.1, -0.05) is 30.4 Å². The van der Waals surface area contributed by atoms with Crippen LogP contribution in [0.25, 0.3) is 0 Å². The summed E-state index contributed by atoms with van der Waals surface area (Å²) in [5, 5.41) is 29.3. The molecule has 5 atom stereocenters. The number of fused-ring (bicyclic) bond motifs is 1. The molecular weight excluding hydrogens is 240 g/mol. The Balaban J connectivity index is 1.73. The fourth-order valence-electron chi connectivity index (χ4n) is 4.20. The molecule has 0 aromatic rings. The Morgan fingerprint density at radius 3 is 2.74 bits per heavy atom. The van der Waals surface area contributed by atoms with Gasteiger partial charge in [0.2, 0.25) is 0 Å². The summed E-state index contributed by atoms with van der Waals surface area (Å²) in [5.74, 6) is 6.68. The summed E-state index contributed by atoms with van der Waals surface area (Å²) in [7, 11) is 0. The zero-order chi connectivity index (χ0) is 13.6. The molecule has 0 saturated heterocycles. The fraction of sp³-hybridized carbons (Fsp3) is 0.750. The summed E-state index contributed by atoms with van der Waals surface area (Å²) < 4.78 is 0. The monoisotopic (exact) mass is 262 g/mol. The van der Waals surface area contributed by atoms with Crippen molar-refractivity contribution in [2.24, 2.45) is 23.7 Å². The Labute approximate surface area is 114 Å². The molecule has 3 nitrogen and oxygen atoms in total. The second-order valence-electron chi connectivity index (χ2n) is 6.23. The van der Waals surface area contributed by atoms with E-state index >= 15 is 0 Å². The van der Waals surface area contributed by atoms with Crippen molar-refractivity contribution in [1.82, 2.24) is 0 Å². The summed E-state index contributed by atoms with van der Waals surface area (Å²) in [6, 6.07) is 0. The van der Waals surface area contributed by atoms with Crippen LogP contribution < -0.4 is 0 Å². The Kier molecular flexibility index (Phi) is 3.21. The van der Waals surface area contributed by atoms with E-state index in [1.54, 1.807) is 0 Å². The number of rotatable bonds is 4. The second-order valence-corrected chi connectivity index (χ2v) is 6.23. The van der Waals surface area contributed by atoms with Gasteiger partial charge in [-0.05, 0) is 43.4 Å². The first-order chi connectivity index (χ1) is 9.08. The van der Waals surface area contributed by atoms with Crippen molar-refractivity contribution in [3.63, 3.8) is 0 Å². The lowest BCUT2D eigenvalue weighted by Crippen LogP contribution is -2.56. The van der Waals surface area contributed by atoms with E-state index in [0.29, 0.717) is 17.8 Å². The lowest BCUT2D eigenvalue weighted by Gasteiger charge is -2.55. The predicted octanol–water partition coefficient (Wildman–Crippen LogP) is 1.09. The molecule has 0 spiro atoms. The van der Waals surface area contributed by atoms with Crippen LogP contribution in [0.4, 0.5) is 0 Å². The van der Waals surface area contributed by atoms with E-state index in [2.05, 4.69) is 24.8 Å². The maximum absolute atomic E-state index is 10.2. The van der Waals surface area contributed by atoms with Crippen LogP contribution in [-0.2, 0) is 0 Å². The number of allylic oxidation sites excluding steroid dienone is 2. The van der Waals surface area contributed by atoms with E-state index in [0.717, 1.165) is 25.7 Å². The van der Waals surface area contributed by atoms with Crippen molar-refractivity contribution in [2.75, 3.05) is 6.61 Å². The maximum Gasteiger partial charge on any atom is 0.193 e. The van der Waals surface area contributed by atoms with E-state index in [1.807, 2.05) is 0 Å². The summed E-state index contributed by atoms with van der Waals surface area (Å²) in [5.41, 5.74) is 0.396. The summed E-state index contributed by atoms with van der Waals surface area (Å²) in [6.07, 6.45) is 5.32. The van der Waals surface area contributed by atoms with Gasteiger partial charge in [0.15, 0.2) is 5.60 Å². The van der Waals surface area contributed by atoms with Crippen LogP contribution in [0.15, 0.2) is 11.6 Å². The molecule has 0 radical (unpaired) electrons. The molecule has 0 aromatic heterocycles. The molecule has 0 heterocycles. The molecule has 3 heteroatoms. The molecule has 19 heavy (non-hydrogen) atoms. The van der Waals surface area contributed by atoms with Gasteiger partial charge in [0.1, 0.15) is 0 Å². The molecule has 3 rings (SSSR count). The highest BCUT2D eigenvalue weighted by Gasteiger charge is 2.59. The molecule has 104 valence electrons. The van der Waals surface area contributed by atoms with Crippen molar-refractivity contribution in [1.29, 1.82) is 0 Å². The van der Waals surface area contributed by atoms with Crippen LogP contribution in [0.5, 0.6) is 0 Å². The number of aliphatic hydroxyl groups is 3. The molecular formula is C16H22O3. The van der Waals surface area contributed by atoms with Crippen molar-refractivity contribution in [3.8, 4) is 11.8 Å². The van der Waals surface area contributed by atoms with Crippen molar-refractivity contribution >= 4 is 0 Å². The largest absolute Gasteiger partial charge is 0.396 e. The number of unbranched alkanes of at least 4 members (excludes halogenated alkanes) is 1. The second kappa shape index (κ2) is 4.63. The highest BCUT2D eigenvalue weighted by Crippen LogP contribution is 2.58. The molecule has 5 unspecified atom stereocenters. The fourth-order valence-corrected chi connectivity index (χ4v) is 4.20. The van der Waals surface area contributed by atoms with Crippen molar-refractivity contribution < 1.29 is 15.3 Å². The molecule has 0 amide bonds. The topological polar surface area (TPSA) is 60.7 Å². The minimum Gasteiger partial charge on any atom is -0.396 e. The molecule has 0 bridgehead atoms. The Morgan fingerprint density at radius 2 is 2.11 bits per heavy atom. The third-order valence-electron chi connectivity index (χ3n) is 5.20. The first-order valence-corrected chi connectivity index (χ1v) is 7.34. The lowest BCUT2D eigenvalue weighted by molar-refractivity contribution is -0.0958. The average Bonchev–Trinajstić information content (AvgIpc) is 3.13. The third kappa shape index (κ3) is 2.03. The van der Waals surface area contributed by atoms with Gasteiger partial charge in [0, 0.05) is 12.5 Å². The molecule has 0 aromatic carbocycles. The Bertz CT molecular complexity index is 448. The average molecular weight is 262 g/mol. The van der Waals surface area contributed by atoms with Crippen LogP contribution in [0.3, 0.4) is 0 Å². The molecule has 3 aliphatic carbocycles. The summed E-state index contributed by atoms with van der Waals surface area (Å²) in [6.45, 7) is 2.42. The molecule has 2 saturated carbocycles. The van der Waals surface area contributed by atoms with Gasteiger partial charge in [-0.3, -0.25) is 0 Å². The van der Waals surface area contributed by atoms with Gasteiger partial charge in [0.25, 0.3) is 0 Å². The first-order valence-electron chi connectivity index (χ1n) is 7.34. The van der Waals surface area contributed by atoms with Gasteiger partial charge in [0.05, 0.1) is 6.10 Å². The minimum atomic E-state index is -1.06. The van der Waals surface area contributed by atoms with E-state index in [-0.39, 0.29) is 12.5 Å². The third-order valence-corrected chi connectivity index (χ3v) is 5.20. The smallest absolute Gasteiger partial charge is 0.193 e. The molecule has 3 aliphatic rings. The number of hydrogen-bond acceptors (Lipinski definition) is 3. The van der Waals surface area contributed by atoms with Gasteiger partial charge in [-0.2, -0.15) is 0 Å². The standard InChI is InChI=1S/C16H22O3/c1-10-11(4-2-3-9-17)12-5-6-13(18)15(14(10)12)16(19)7-8-16/h4,10,12-15,17-19H,2-3,5-6,9H2,1H3/b11-4-. The highest BCUT2D eigenvalue weighted by molar-refractivity contribution is 5.47. The summed E-state index contributed by atoms with van der Waals surface area (Å²) in [4.78, 5) is 0. The quantitative estimate of drug-likeness (QED) is 0.404. The number of aliphatic hydroxyl groups excluding tert-OH is 2. The van der Waals surface area contributed by atoms with E-state index in [1.165, 1.54) is 5.57 Å². The Hall–Kier alpha value is -0.820. The SMILES string of the molecule is CC1/C(=C/CCCO)C2CCC(O)C(C3(O)C#C3)C12. The summed E-state index contributed by atoms with van der Waals surface area (Å²) >= 11 is 0. The minimum absolute atomic E-state index is 0.128. The van der Waals surface area contributed by atoms with Gasteiger partial charge in [-0.25, -0.2) is 0 Å². The van der Waals surface area contributed by atoms with Crippen LogP contribution in [0, 0.1) is 35.5 Å².